The van der Waals surface area contributed by atoms with Crippen LogP contribution in [0.4, 0.5) is 22.7 Å². The number of carboxylic acids is 1. The molecule has 5 aromatic rings. The molecule has 19 nitrogen and oxygen atoms in total. The monoisotopic (exact) mass is 1080 g/mol. The first kappa shape index (κ1) is 55.3. The van der Waals surface area contributed by atoms with Gasteiger partial charge in [-0.25, -0.2) is 17.8 Å². The molecule has 0 amide bonds. The van der Waals surface area contributed by atoms with Crippen LogP contribution in [0.25, 0.3) is 5.57 Å². The fourth-order valence-corrected chi connectivity index (χ4v) is 11.2. The Bertz CT molecular complexity index is 3360. The number of para-hydroxylation sites is 2. The molecule has 1 aliphatic carbocycles. The van der Waals surface area contributed by atoms with Crippen LogP contribution in [0.2, 0.25) is 0 Å². The fraction of sp³-hybridized carbons (Fsp3) is 0.418. The average Bonchev–Trinajstić information content (AvgIpc) is 4.28. The highest BCUT2D eigenvalue weighted by molar-refractivity contribution is 7.85. The van der Waals surface area contributed by atoms with Crippen molar-refractivity contribution < 1.29 is 55.5 Å². The largest absolute Gasteiger partial charge is 0.748 e. The van der Waals surface area contributed by atoms with E-state index in [0.717, 1.165) is 118 Å². The van der Waals surface area contributed by atoms with Crippen LogP contribution in [-0.4, -0.2) is 104 Å². The third-order valence-electron chi connectivity index (χ3n) is 14.1. The molecule has 0 aromatic heterocycles. The summed E-state index contributed by atoms with van der Waals surface area (Å²) in [6.45, 7) is 6.74. The first-order valence-corrected chi connectivity index (χ1v) is 29.4. The van der Waals surface area contributed by atoms with Crippen LogP contribution < -0.4 is 29.7 Å². The number of hydrogen-bond donors (Lipinski definition) is 3. The van der Waals surface area contributed by atoms with E-state index in [1.807, 2.05) is 18.2 Å². The average molecular weight is 1080 g/mol. The summed E-state index contributed by atoms with van der Waals surface area (Å²) in [6.07, 6.45) is 19.1. The molecular weight excluding hydrogens is 1020 g/mol. The van der Waals surface area contributed by atoms with Crippen molar-refractivity contribution in [2.45, 2.75) is 96.3 Å². The van der Waals surface area contributed by atoms with E-state index in [2.05, 4.69) is 32.6 Å². The maximum atomic E-state index is 12.3. The van der Waals surface area contributed by atoms with Gasteiger partial charge in [0, 0.05) is 102 Å². The summed E-state index contributed by atoms with van der Waals surface area (Å²) in [4.78, 5) is 37.0. The number of benzene rings is 5. The Morgan fingerprint density at radius 3 is 1.70 bits per heavy atom. The van der Waals surface area contributed by atoms with Gasteiger partial charge in [0.15, 0.2) is 0 Å². The number of aromatic carboxylic acids is 1. The van der Waals surface area contributed by atoms with Crippen molar-refractivity contribution >= 4 is 54.5 Å². The van der Waals surface area contributed by atoms with Crippen LogP contribution in [0.5, 0.6) is 17.2 Å². The van der Waals surface area contributed by atoms with Crippen molar-refractivity contribution in [2.75, 3.05) is 61.6 Å². The maximum Gasteiger partial charge on any atom is 0.342 e. The van der Waals surface area contributed by atoms with E-state index in [0.29, 0.717) is 23.8 Å². The fourth-order valence-electron chi connectivity index (χ4n) is 11.2. The number of nitrogens with zero attached hydrogens (tertiary/aromatic N) is 5. The number of hydrogen-bond acceptors (Lipinski definition) is 14. The van der Waals surface area contributed by atoms with Crippen molar-refractivity contribution in [3.8, 4) is 17.2 Å². The summed E-state index contributed by atoms with van der Waals surface area (Å²) in [5.41, 5.74) is 12.9. The van der Waals surface area contributed by atoms with Gasteiger partial charge >= 0.3 is 5.97 Å². The molecule has 0 bridgehead atoms. The number of phenols is 1. The number of anilines is 2. The molecule has 5 aromatic carbocycles. The molecule has 1 fully saturated rings. The Balaban J connectivity index is 0.000000159. The number of nitro groups is 2. The van der Waals surface area contributed by atoms with Gasteiger partial charge in [-0.15, -0.1) is 0 Å². The highest BCUT2D eigenvalue weighted by atomic mass is 32.2. The van der Waals surface area contributed by atoms with Crippen LogP contribution in [-0.2, 0) is 58.8 Å². The number of nitro benzene ring substituents is 2. The Labute approximate surface area is 441 Å². The lowest BCUT2D eigenvalue weighted by Crippen LogP contribution is -2.45. The Morgan fingerprint density at radius 1 is 0.618 bits per heavy atom. The molecule has 7 heterocycles. The number of carboxylic acid groups (broad SMARTS) is 1. The zero-order valence-corrected chi connectivity index (χ0v) is 44.3. The topological polar surface area (TPSA) is 274 Å². The zero-order chi connectivity index (χ0) is 54.5. The van der Waals surface area contributed by atoms with E-state index in [4.69, 9.17) is 27.4 Å². The third kappa shape index (κ3) is 13.2. The molecule has 8 aliphatic rings. The van der Waals surface area contributed by atoms with E-state index < -0.39 is 31.1 Å². The predicted molar refractivity (Wildman–Crippen MR) is 287 cm³/mol. The molecule has 76 heavy (non-hydrogen) atoms. The molecule has 0 spiro atoms. The minimum Gasteiger partial charge on any atom is -0.748 e. The molecule has 0 radical (unpaired) electrons. The third-order valence-corrected chi connectivity index (χ3v) is 14.1. The van der Waals surface area contributed by atoms with Crippen LogP contribution in [0.15, 0.2) is 72.8 Å². The van der Waals surface area contributed by atoms with Crippen LogP contribution in [0.3, 0.4) is 0 Å². The van der Waals surface area contributed by atoms with Crippen molar-refractivity contribution in [1.29, 1.82) is 0 Å². The molecule has 0 atom stereocenters. The Morgan fingerprint density at radius 2 is 1.12 bits per heavy atom. The first-order chi connectivity index (χ1) is 36.2. The Kier molecular flexibility index (Phi) is 17.1. The van der Waals surface area contributed by atoms with Gasteiger partial charge in [0.25, 0.3) is 21.5 Å². The highest BCUT2D eigenvalue weighted by Crippen LogP contribution is 2.49. The lowest BCUT2D eigenvalue weighted by molar-refractivity contribution is -0.385. The van der Waals surface area contributed by atoms with E-state index in [-0.39, 0.29) is 21.9 Å². The van der Waals surface area contributed by atoms with Crippen molar-refractivity contribution in [3.05, 3.63) is 154 Å². The number of carbonyl (C=O) groups is 1. The SMILES string of the molecule is C1CC1.CS(=O)(=O)O.CS(=O)(=O)[O-].O=C(O)c1ccccc1[N+](=O)[O-].O=[N+]([O-])c1ccccc1C1=c2cc3c4c(c2Oc2c1cc1c5c2CCCN5CCC1)CCC[N+]=4CCC3.Oc1ccc2c3c1CCCN3CCC2. The lowest BCUT2D eigenvalue weighted by Gasteiger charge is -2.39. The summed E-state index contributed by atoms with van der Waals surface area (Å²) in [6, 6.07) is 21.0. The van der Waals surface area contributed by atoms with Crippen LogP contribution >= 0.6 is 0 Å². The number of aromatic hydroxyl groups is 1. The number of phenolic OH excluding ortho intramolecular Hbond substituents is 1. The quantitative estimate of drug-likeness (QED) is 0.0678. The van der Waals surface area contributed by atoms with Crippen LogP contribution in [0.1, 0.15) is 113 Å². The van der Waals surface area contributed by atoms with Gasteiger partial charge in [-0.1, -0.05) is 49.6 Å². The van der Waals surface area contributed by atoms with Gasteiger partial charge in [0.2, 0.25) is 5.36 Å². The van der Waals surface area contributed by atoms with E-state index in [9.17, 15) is 38.5 Å². The lowest BCUT2D eigenvalue weighted by atomic mass is 9.82. The highest BCUT2D eigenvalue weighted by Gasteiger charge is 2.37. The second kappa shape index (κ2) is 23.5. The summed E-state index contributed by atoms with van der Waals surface area (Å²) < 4.78 is 62.7. The van der Waals surface area contributed by atoms with Gasteiger partial charge in [-0.05, 0) is 106 Å². The standard InChI is InChI=1S/C31H30N3O3.C12H15NO.C7H5NO4.C3H6.2CH4O3S/c35-34(36)26-12-2-1-9-21(26)27-24-17-19-7-3-13-32-15-5-10-22(28(19)32)30(24)37-31-23-11-6-16-33-14-4-8-20(29(23)33)18-25(27)31;14-11-6-5-9-3-1-7-13-8-2-4-10(11)12(9)13;9-7(10)5-3-1-2-4-6(5)8(11)12;1-2-3-1;2*1-5(2,3)4/h1-2,9,12,17-18H,3-8,10-11,13-16H2;5-6,14H,1-4,7-8H2;1-4H,(H,9,10);1-3H2;2*1H3,(H,2,3,4)/q+1;;;;;/p-1. The Hall–Kier alpha value is -6.94. The summed E-state index contributed by atoms with van der Waals surface area (Å²) in [7, 11) is -7.58. The van der Waals surface area contributed by atoms with Crippen molar-refractivity contribution in [2.24, 2.45) is 0 Å². The van der Waals surface area contributed by atoms with Gasteiger partial charge in [-0.3, -0.25) is 24.8 Å². The molecular formula is C55H63N5O14S2. The van der Waals surface area contributed by atoms with E-state index >= 15 is 0 Å². The molecule has 0 unspecified atom stereocenters. The normalized spacial score (nSPS) is 16.7. The number of ether oxygens (including phenoxy) is 1. The summed E-state index contributed by atoms with van der Waals surface area (Å²) in [5, 5.41) is 43.2. The van der Waals surface area contributed by atoms with Gasteiger partial charge in [0.05, 0.1) is 37.3 Å². The minimum atomic E-state index is -3.92. The second-order valence-electron chi connectivity index (χ2n) is 20.0. The van der Waals surface area contributed by atoms with Crippen molar-refractivity contribution in [1.82, 2.24) is 4.58 Å². The van der Waals surface area contributed by atoms with Gasteiger partial charge in [0.1, 0.15) is 35.9 Å². The molecule has 1 saturated carbocycles. The number of fused-ring (bicyclic) bond motifs is 4. The number of aryl methyl sites for hydroxylation is 3. The van der Waals surface area contributed by atoms with Gasteiger partial charge < -0.3 is 29.3 Å². The van der Waals surface area contributed by atoms with E-state index in [1.54, 1.807) is 12.1 Å². The summed E-state index contributed by atoms with van der Waals surface area (Å²) >= 11 is 0. The van der Waals surface area contributed by atoms with Crippen LogP contribution in [0, 0.1) is 20.2 Å². The molecule has 404 valence electrons. The van der Waals surface area contributed by atoms with Gasteiger partial charge in [-0.2, -0.15) is 8.42 Å². The number of rotatable bonds is 4. The minimum absolute atomic E-state index is 0.164. The molecule has 3 N–H and O–H groups in total. The molecule has 21 heteroatoms. The van der Waals surface area contributed by atoms with Crippen molar-refractivity contribution in [3.63, 3.8) is 0 Å². The predicted octanol–water partition coefficient (Wildman–Crippen LogP) is 7.25. The smallest absolute Gasteiger partial charge is 0.342 e. The molecule has 13 rings (SSSR count). The molecule has 0 saturated heterocycles. The van der Waals surface area contributed by atoms with E-state index in [1.165, 1.54) is 120 Å². The summed E-state index contributed by atoms with van der Waals surface area (Å²) in [5.74, 6) is 1.09. The second-order valence-corrected chi connectivity index (χ2v) is 22.8. The first-order valence-electron chi connectivity index (χ1n) is 25.7. The molecule has 7 aliphatic heterocycles. The zero-order valence-electron chi connectivity index (χ0n) is 42.7. The maximum absolute atomic E-state index is 12.3.